The molecule has 5 nitrogen and oxygen atoms in total. The number of nitrogens with zero attached hydrogens (tertiary/aromatic N) is 2. The zero-order valence-corrected chi connectivity index (χ0v) is 12.4. The summed E-state index contributed by atoms with van der Waals surface area (Å²) in [7, 11) is 0. The van der Waals surface area contributed by atoms with Gasteiger partial charge in [-0.05, 0) is 42.3 Å². The Hall–Kier alpha value is -2.74. The monoisotopic (exact) mass is 335 g/mol. The van der Waals surface area contributed by atoms with Crippen LogP contribution in [0.5, 0.6) is 0 Å². The molecular weight excluding hydrogens is 323 g/mol. The van der Waals surface area contributed by atoms with Crippen molar-refractivity contribution < 1.29 is 17.9 Å². The number of pyridine rings is 1. The molecule has 24 heavy (non-hydrogen) atoms. The fourth-order valence-electron chi connectivity index (χ4n) is 2.20. The van der Waals surface area contributed by atoms with Crippen LogP contribution >= 0.6 is 0 Å². The maximum Gasteiger partial charge on any atom is 0.260 e. The van der Waals surface area contributed by atoms with E-state index in [4.69, 9.17) is 4.74 Å². The highest BCUT2D eigenvalue weighted by atomic mass is 19.1. The van der Waals surface area contributed by atoms with Crippen molar-refractivity contribution in [1.29, 1.82) is 0 Å². The molecule has 2 heterocycles. The van der Waals surface area contributed by atoms with Gasteiger partial charge in [-0.2, -0.15) is 9.37 Å². The van der Waals surface area contributed by atoms with Crippen LogP contribution in [0.15, 0.2) is 35.1 Å². The molecular formula is C16H12F3N3O2. The number of aromatic amines is 1. The lowest BCUT2D eigenvalue weighted by atomic mass is 10.1. The molecule has 1 aromatic carbocycles. The van der Waals surface area contributed by atoms with Crippen LogP contribution in [0.4, 0.5) is 13.2 Å². The zero-order chi connectivity index (χ0) is 17.1. The van der Waals surface area contributed by atoms with Crippen LogP contribution in [0.2, 0.25) is 0 Å². The first-order valence-electron chi connectivity index (χ1n) is 7.10. The second-order valence-corrected chi connectivity index (χ2v) is 5.06. The molecule has 8 heteroatoms. The molecule has 0 aliphatic rings. The minimum Gasteiger partial charge on any atom is -0.373 e. The van der Waals surface area contributed by atoms with E-state index in [0.717, 1.165) is 24.3 Å². The van der Waals surface area contributed by atoms with Gasteiger partial charge in [0.05, 0.1) is 12.0 Å². The van der Waals surface area contributed by atoms with E-state index in [-0.39, 0.29) is 42.1 Å². The third-order valence-electron chi connectivity index (χ3n) is 3.35. The van der Waals surface area contributed by atoms with Crippen LogP contribution in [-0.2, 0) is 17.8 Å². The predicted octanol–water partition coefficient (Wildman–Crippen LogP) is 2.49. The summed E-state index contributed by atoms with van der Waals surface area (Å²) in [5, 5.41) is 0.169. The van der Waals surface area contributed by atoms with Crippen molar-refractivity contribution >= 4 is 11.0 Å². The van der Waals surface area contributed by atoms with E-state index < -0.39 is 23.1 Å². The van der Waals surface area contributed by atoms with Gasteiger partial charge in [-0.25, -0.2) is 13.8 Å². The Morgan fingerprint density at radius 1 is 1.08 bits per heavy atom. The lowest BCUT2D eigenvalue weighted by molar-refractivity contribution is 0.118. The van der Waals surface area contributed by atoms with Crippen molar-refractivity contribution in [2.45, 2.75) is 13.0 Å². The topological polar surface area (TPSA) is 67.9 Å². The van der Waals surface area contributed by atoms with Gasteiger partial charge in [-0.15, -0.1) is 0 Å². The van der Waals surface area contributed by atoms with Crippen LogP contribution in [-0.4, -0.2) is 21.6 Å². The zero-order valence-electron chi connectivity index (χ0n) is 12.4. The minimum absolute atomic E-state index is 0.0199. The molecule has 0 atom stereocenters. The molecule has 1 N–H and O–H groups in total. The third kappa shape index (κ3) is 3.60. The van der Waals surface area contributed by atoms with Gasteiger partial charge in [0.15, 0.2) is 5.65 Å². The molecule has 124 valence electrons. The molecule has 0 unspecified atom stereocenters. The highest BCUT2D eigenvalue weighted by Gasteiger charge is 2.07. The first kappa shape index (κ1) is 16.1. The van der Waals surface area contributed by atoms with Gasteiger partial charge in [0.1, 0.15) is 24.1 Å². The van der Waals surface area contributed by atoms with Crippen molar-refractivity contribution in [2.24, 2.45) is 0 Å². The summed E-state index contributed by atoms with van der Waals surface area (Å²) in [6.45, 7) is 0.0268. The minimum atomic E-state index is -0.742. The third-order valence-corrected chi connectivity index (χ3v) is 3.35. The van der Waals surface area contributed by atoms with Gasteiger partial charge in [0, 0.05) is 0 Å². The Kier molecular flexibility index (Phi) is 4.57. The lowest BCUT2D eigenvalue weighted by Gasteiger charge is -2.06. The Morgan fingerprint density at radius 3 is 2.75 bits per heavy atom. The van der Waals surface area contributed by atoms with E-state index in [9.17, 15) is 18.0 Å². The Morgan fingerprint density at radius 2 is 1.92 bits per heavy atom. The molecule has 2 aromatic heterocycles. The fourth-order valence-corrected chi connectivity index (χ4v) is 2.20. The van der Waals surface area contributed by atoms with Crippen molar-refractivity contribution in [3.63, 3.8) is 0 Å². The molecule has 0 aliphatic carbocycles. The predicted molar refractivity (Wildman–Crippen MR) is 79.8 cm³/mol. The first-order valence-corrected chi connectivity index (χ1v) is 7.10. The maximum atomic E-state index is 13.5. The summed E-state index contributed by atoms with van der Waals surface area (Å²) in [6, 6.07) is 5.55. The average molecular weight is 335 g/mol. The number of benzene rings is 1. The quantitative estimate of drug-likeness (QED) is 0.575. The molecule has 0 spiro atoms. The highest BCUT2D eigenvalue weighted by molar-refractivity contribution is 5.72. The molecule has 0 bridgehead atoms. The normalized spacial score (nSPS) is 11.1. The van der Waals surface area contributed by atoms with Crippen LogP contribution in [0.1, 0.15) is 11.4 Å². The Labute approximate surface area is 134 Å². The number of aromatic nitrogens is 3. The summed E-state index contributed by atoms with van der Waals surface area (Å²) in [5.41, 5.74) is -0.283. The van der Waals surface area contributed by atoms with Crippen LogP contribution < -0.4 is 5.56 Å². The summed E-state index contributed by atoms with van der Waals surface area (Å²) in [6.07, 6.45) is 0.161. The number of hydrogen-bond donors (Lipinski definition) is 1. The smallest absolute Gasteiger partial charge is 0.260 e. The van der Waals surface area contributed by atoms with Gasteiger partial charge in [-0.1, -0.05) is 0 Å². The standard InChI is InChI=1S/C16H12F3N3O2/c17-10-1-3-12(18)9(7-10)5-6-24-8-14-21-15-11(16(23)22-14)2-4-13(19)20-15/h1-4,7H,5-6,8H2,(H,20,21,22,23). The molecule has 0 saturated heterocycles. The number of hydrogen-bond acceptors (Lipinski definition) is 4. The second-order valence-electron chi connectivity index (χ2n) is 5.06. The van der Waals surface area contributed by atoms with Crippen molar-refractivity contribution in [1.82, 2.24) is 15.0 Å². The Bertz CT molecular complexity index is 943. The molecule has 3 rings (SSSR count). The van der Waals surface area contributed by atoms with Gasteiger partial charge in [0.2, 0.25) is 5.95 Å². The maximum absolute atomic E-state index is 13.5. The number of rotatable bonds is 5. The summed E-state index contributed by atoms with van der Waals surface area (Å²) in [4.78, 5) is 21.9. The second kappa shape index (κ2) is 6.79. The van der Waals surface area contributed by atoms with E-state index >= 15 is 0 Å². The molecule has 0 aliphatic heterocycles. The SMILES string of the molecule is O=c1[nH]c(COCCc2cc(F)ccc2F)nc2nc(F)ccc12. The molecule has 0 amide bonds. The van der Waals surface area contributed by atoms with Crippen LogP contribution in [0, 0.1) is 17.6 Å². The van der Waals surface area contributed by atoms with Crippen molar-refractivity contribution in [2.75, 3.05) is 6.61 Å². The lowest BCUT2D eigenvalue weighted by Crippen LogP contribution is -2.14. The fraction of sp³-hybridized carbons (Fsp3) is 0.188. The number of H-pyrrole nitrogens is 1. The largest absolute Gasteiger partial charge is 0.373 e. The van der Waals surface area contributed by atoms with Crippen LogP contribution in [0.3, 0.4) is 0 Å². The van der Waals surface area contributed by atoms with E-state index in [0.29, 0.717) is 0 Å². The number of ether oxygens (including phenoxy) is 1. The van der Waals surface area contributed by atoms with Gasteiger partial charge < -0.3 is 9.72 Å². The average Bonchev–Trinajstić information content (AvgIpc) is 2.54. The van der Waals surface area contributed by atoms with Crippen molar-refractivity contribution in [3.05, 3.63) is 69.7 Å². The summed E-state index contributed by atoms with van der Waals surface area (Å²) >= 11 is 0. The number of halogens is 3. The van der Waals surface area contributed by atoms with Crippen LogP contribution in [0.25, 0.3) is 11.0 Å². The van der Waals surface area contributed by atoms with E-state index in [1.165, 1.54) is 6.07 Å². The Balaban J connectivity index is 1.65. The number of nitrogens with one attached hydrogen (secondary N) is 1. The molecule has 0 radical (unpaired) electrons. The van der Waals surface area contributed by atoms with Gasteiger partial charge >= 0.3 is 0 Å². The number of fused-ring (bicyclic) bond motifs is 1. The van der Waals surface area contributed by atoms with E-state index in [1.807, 2.05) is 0 Å². The summed E-state index contributed by atoms with van der Waals surface area (Å²) in [5.74, 6) is -1.61. The molecule has 3 aromatic rings. The summed E-state index contributed by atoms with van der Waals surface area (Å²) < 4.78 is 44.9. The van der Waals surface area contributed by atoms with E-state index in [1.54, 1.807) is 0 Å². The van der Waals surface area contributed by atoms with E-state index in [2.05, 4.69) is 15.0 Å². The highest BCUT2D eigenvalue weighted by Crippen LogP contribution is 2.11. The molecule has 0 saturated carbocycles. The van der Waals surface area contributed by atoms with Gasteiger partial charge in [0.25, 0.3) is 5.56 Å². The molecule has 0 fully saturated rings. The van der Waals surface area contributed by atoms with Crippen molar-refractivity contribution in [3.8, 4) is 0 Å². The first-order chi connectivity index (χ1) is 11.5. The van der Waals surface area contributed by atoms with Gasteiger partial charge in [-0.3, -0.25) is 4.79 Å².